The highest BCUT2D eigenvalue weighted by molar-refractivity contribution is 6.30. The Bertz CT molecular complexity index is 598. The molecule has 1 atom stereocenters. The number of carbonyl (C=O) groups excluding carboxylic acids is 1. The molecule has 2 rings (SSSR count). The molecule has 0 amide bonds. The third kappa shape index (κ3) is 4.36. The standard InChI is InChI=1S/C15H14ClNO4/c1-10(15(18)19-2)20-12-4-6-13(7-5-12)21-14-8-3-11(16)9-17-14/h3-10H,1-2H3. The van der Waals surface area contributed by atoms with E-state index in [0.29, 0.717) is 22.4 Å². The molecule has 2 aromatic rings. The quantitative estimate of drug-likeness (QED) is 0.792. The van der Waals surface area contributed by atoms with Crippen LogP contribution in [0.4, 0.5) is 0 Å². The number of hydrogen-bond acceptors (Lipinski definition) is 5. The van der Waals surface area contributed by atoms with Crippen molar-refractivity contribution in [1.82, 2.24) is 4.98 Å². The van der Waals surface area contributed by atoms with Gasteiger partial charge in [0.25, 0.3) is 0 Å². The number of pyridine rings is 1. The van der Waals surface area contributed by atoms with Crippen LogP contribution in [0.25, 0.3) is 0 Å². The largest absolute Gasteiger partial charge is 0.479 e. The van der Waals surface area contributed by atoms with Crippen molar-refractivity contribution in [2.75, 3.05) is 7.11 Å². The lowest BCUT2D eigenvalue weighted by Gasteiger charge is -2.12. The summed E-state index contributed by atoms with van der Waals surface area (Å²) in [5.41, 5.74) is 0. The van der Waals surface area contributed by atoms with E-state index in [4.69, 9.17) is 21.1 Å². The Hall–Kier alpha value is -2.27. The van der Waals surface area contributed by atoms with E-state index in [0.717, 1.165) is 0 Å². The van der Waals surface area contributed by atoms with Gasteiger partial charge in [0.05, 0.1) is 12.1 Å². The first-order chi connectivity index (χ1) is 10.1. The van der Waals surface area contributed by atoms with Gasteiger partial charge in [-0.1, -0.05) is 11.6 Å². The average molecular weight is 308 g/mol. The summed E-state index contributed by atoms with van der Waals surface area (Å²) >= 11 is 5.75. The summed E-state index contributed by atoms with van der Waals surface area (Å²) in [5.74, 6) is 1.16. The highest BCUT2D eigenvalue weighted by atomic mass is 35.5. The highest BCUT2D eigenvalue weighted by Gasteiger charge is 2.14. The van der Waals surface area contributed by atoms with Crippen molar-refractivity contribution in [1.29, 1.82) is 0 Å². The normalized spacial score (nSPS) is 11.6. The molecule has 1 heterocycles. The second kappa shape index (κ2) is 6.95. The van der Waals surface area contributed by atoms with Crippen LogP contribution in [0.15, 0.2) is 42.6 Å². The van der Waals surface area contributed by atoms with Gasteiger partial charge in [0.2, 0.25) is 5.88 Å². The van der Waals surface area contributed by atoms with Crippen molar-refractivity contribution in [2.45, 2.75) is 13.0 Å². The van der Waals surface area contributed by atoms with Gasteiger partial charge in [0.15, 0.2) is 6.10 Å². The summed E-state index contributed by atoms with van der Waals surface area (Å²) in [5, 5.41) is 0.544. The molecule has 0 aliphatic rings. The number of esters is 1. The minimum atomic E-state index is -0.667. The van der Waals surface area contributed by atoms with Gasteiger partial charge in [-0.2, -0.15) is 0 Å². The highest BCUT2D eigenvalue weighted by Crippen LogP contribution is 2.23. The molecule has 0 fully saturated rings. The van der Waals surface area contributed by atoms with Crippen LogP contribution in [0.5, 0.6) is 17.4 Å². The van der Waals surface area contributed by atoms with Crippen LogP contribution < -0.4 is 9.47 Å². The molecular formula is C15H14ClNO4. The van der Waals surface area contributed by atoms with Crippen molar-refractivity contribution < 1.29 is 19.0 Å². The number of carbonyl (C=O) groups is 1. The Labute approximate surface area is 127 Å². The van der Waals surface area contributed by atoms with Crippen LogP contribution in [0.3, 0.4) is 0 Å². The second-order valence-electron chi connectivity index (χ2n) is 4.17. The van der Waals surface area contributed by atoms with Crippen molar-refractivity contribution in [3.8, 4) is 17.4 Å². The molecule has 0 saturated heterocycles. The van der Waals surface area contributed by atoms with Crippen molar-refractivity contribution in [3.05, 3.63) is 47.6 Å². The van der Waals surface area contributed by atoms with Crippen LogP contribution in [0, 0.1) is 0 Å². The zero-order chi connectivity index (χ0) is 15.2. The van der Waals surface area contributed by atoms with E-state index in [1.807, 2.05) is 0 Å². The SMILES string of the molecule is COC(=O)C(C)Oc1ccc(Oc2ccc(Cl)cn2)cc1. The van der Waals surface area contributed by atoms with Gasteiger partial charge in [-0.05, 0) is 37.3 Å². The van der Waals surface area contributed by atoms with Crippen LogP contribution >= 0.6 is 11.6 Å². The van der Waals surface area contributed by atoms with E-state index in [1.54, 1.807) is 43.3 Å². The van der Waals surface area contributed by atoms with E-state index in [-0.39, 0.29) is 0 Å². The fourth-order valence-electron chi connectivity index (χ4n) is 1.55. The Balaban J connectivity index is 1.98. The van der Waals surface area contributed by atoms with Crippen LogP contribution in [-0.4, -0.2) is 24.2 Å². The number of benzene rings is 1. The lowest BCUT2D eigenvalue weighted by molar-refractivity contribution is -0.147. The van der Waals surface area contributed by atoms with E-state index in [2.05, 4.69) is 9.72 Å². The molecule has 5 nitrogen and oxygen atoms in total. The first-order valence-electron chi connectivity index (χ1n) is 6.22. The Kier molecular flexibility index (Phi) is 5.00. The van der Waals surface area contributed by atoms with Crippen molar-refractivity contribution >= 4 is 17.6 Å². The first-order valence-corrected chi connectivity index (χ1v) is 6.60. The lowest BCUT2D eigenvalue weighted by Crippen LogP contribution is -2.24. The molecule has 0 N–H and O–H groups in total. The average Bonchev–Trinajstić information content (AvgIpc) is 2.50. The summed E-state index contributed by atoms with van der Waals surface area (Å²) in [6.07, 6.45) is 0.839. The Morgan fingerprint density at radius 2 is 1.81 bits per heavy atom. The molecular weight excluding hydrogens is 294 g/mol. The number of rotatable bonds is 5. The third-order valence-electron chi connectivity index (χ3n) is 2.59. The zero-order valence-electron chi connectivity index (χ0n) is 11.6. The monoisotopic (exact) mass is 307 g/mol. The van der Waals surface area contributed by atoms with Gasteiger partial charge in [0.1, 0.15) is 11.5 Å². The summed E-state index contributed by atoms with van der Waals surface area (Å²) in [4.78, 5) is 15.3. The predicted octanol–water partition coefficient (Wildman–Crippen LogP) is 3.47. The van der Waals surface area contributed by atoms with Gasteiger partial charge in [0, 0.05) is 12.3 Å². The molecule has 0 radical (unpaired) electrons. The third-order valence-corrected chi connectivity index (χ3v) is 2.82. The molecule has 0 spiro atoms. The van der Waals surface area contributed by atoms with Gasteiger partial charge >= 0.3 is 5.97 Å². The number of aromatic nitrogens is 1. The maximum atomic E-state index is 11.3. The zero-order valence-corrected chi connectivity index (χ0v) is 12.3. The molecule has 0 saturated carbocycles. The van der Waals surface area contributed by atoms with Gasteiger partial charge in [-0.25, -0.2) is 9.78 Å². The van der Waals surface area contributed by atoms with E-state index < -0.39 is 12.1 Å². The molecule has 1 unspecified atom stereocenters. The predicted molar refractivity (Wildman–Crippen MR) is 77.9 cm³/mol. The van der Waals surface area contributed by atoms with Crippen molar-refractivity contribution in [3.63, 3.8) is 0 Å². The van der Waals surface area contributed by atoms with E-state index in [1.165, 1.54) is 13.3 Å². The number of methoxy groups -OCH3 is 1. The minimum Gasteiger partial charge on any atom is -0.479 e. The fourth-order valence-corrected chi connectivity index (χ4v) is 1.66. The number of ether oxygens (including phenoxy) is 3. The van der Waals surface area contributed by atoms with Gasteiger partial charge in [-0.3, -0.25) is 0 Å². The Morgan fingerprint density at radius 1 is 1.14 bits per heavy atom. The molecule has 1 aromatic carbocycles. The van der Waals surface area contributed by atoms with Crippen LogP contribution in [0.1, 0.15) is 6.92 Å². The molecule has 6 heteroatoms. The second-order valence-corrected chi connectivity index (χ2v) is 4.61. The molecule has 0 aliphatic carbocycles. The fraction of sp³-hybridized carbons (Fsp3) is 0.200. The van der Waals surface area contributed by atoms with E-state index >= 15 is 0 Å². The van der Waals surface area contributed by atoms with Crippen molar-refractivity contribution in [2.24, 2.45) is 0 Å². The summed E-state index contributed by atoms with van der Waals surface area (Å²) in [7, 11) is 1.32. The summed E-state index contributed by atoms with van der Waals surface area (Å²) < 4.78 is 15.6. The molecule has 0 aliphatic heterocycles. The summed E-state index contributed by atoms with van der Waals surface area (Å²) in [6, 6.07) is 10.2. The Morgan fingerprint density at radius 3 is 2.38 bits per heavy atom. The van der Waals surface area contributed by atoms with Gasteiger partial charge < -0.3 is 14.2 Å². The molecule has 21 heavy (non-hydrogen) atoms. The maximum Gasteiger partial charge on any atom is 0.346 e. The lowest BCUT2D eigenvalue weighted by atomic mass is 10.3. The van der Waals surface area contributed by atoms with Crippen LogP contribution in [-0.2, 0) is 9.53 Å². The molecule has 1 aromatic heterocycles. The smallest absolute Gasteiger partial charge is 0.346 e. The molecule has 110 valence electrons. The first kappa shape index (κ1) is 15.1. The number of nitrogens with zero attached hydrogens (tertiary/aromatic N) is 1. The summed E-state index contributed by atoms with van der Waals surface area (Å²) in [6.45, 7) is 1.62. The molecule has 0 bridgehead atoms. The van der Waals surface area contributed by atoms with Crippen LogP contribution in [0.2, 0.25) is 5.02 Å². The van der Waals surface area contributed by atoms with E-state index in [9.17, 15) is 4.79 Å². The number of hydrogen-bond donors (Lipinski definition) is 0. The maximum absolute atomic E-state index is 11.3. The number of halogens is 1. The minimum absolute atomic E-state index is 0.430. The topological polar surface area (TPSA) is 57.7 Å². The van der Waals surface area contributed by atoms with Gasteiger partial charge in [-0.15, -0.1) is 0 Å².